The van der Waals surface area contributed by atoms with Crippen LogP contribution < -0.4 is 5.73 Å². The van der Waals surface area contributed by atoms with Crippen LogP contribution >= 0.6 is 0 Å². The number of rotatable bonds is 5. The van der Waals surface area contributed by atoms with Gasteiger partial charge < -0.3 is 10.8 Å². The molecule has 92 valence electrons. The van der Waals surface area contributed by atoms with E-state index in [2.05, 4.69) is 0 Å². The van der Waals surface area contributed by atoms with Crippen molar-refractivity contribution in [3.63, 3.8) is 0 Å². The van der Waals surface area contributed by atoms with Crippen molar-refractivity contribution in [2.45, 2.75) is 38.1 Å². The van der Waals surface area contributed by atoms with Crippen molar-refractivity contribution in [2.75, 3.05) is 20.1 Å². The summed E-state index contributed by atoms with van der Waals surface area (Å²) in [4.78, 5) is 1.16. The molecule has 3 nitrogen and oxygen atoms in total. The second-order valence-corrected chi connectivity index (χ2v) is 4.28. The molecular formula is C9H19F3N2O. The first-order valence-corrected chi connectivity index (χ1v) is 4.77. The summed E-state index contributed by atoms with van der Waals surface area (Å²) >= 11 is 0. The van der Waals surface area contributed by atoms with Gasteiger partial charge in [0, 0.05) is 12.6 Å². The first-order valence-electron chi connectivity index (χ1n) is 4.77. The zero-order chi connectivity index (χ0) is 12.3. The van der Waals surface area contributed by atoms with Crippen molar-refractivity contribution in [2.24, 2.45) is 5.73 Å². The minimum absolute atomic E-state index is 0.0389. The molecule has 0 saturated heterocycles. The SMILES string of the molecule is CC(CC(C)(O)CN)N(C)CC(F)(F)F. The molecule has 0 aromatic carbocycles. The Balaban J connectivity index is 4.16. The summed E-state index contributed by atoms with van der Waals surface area (Å²) < 4.78 is 36.2. The summed E-state index contributed by atoms with van der Waals surface area (Å²) in [5, 5.41) is 9.61. The molecule has 0 aliphatic carbocycles. The highest BCUT2D eigenvalue weighted by atomic mass is 19.4. The zero-order valence-electron chi connectivity index (χ0n) is 9.30. The summed E-state index contributed by atoms with van der Waals surface area (Å²) in [6.45, 7) is 2.22. The highest BCUT2D eigenvalue weighted by Crippen LogP contribution is 2.20. The molecule has 0 aromatic rings. The molecule has 0 aliphatic rings. The highest BCUT2D eigenvalue weighted by molar-refractivity contribution is 4.80. The van der Waals surface area contributed by atoms with Gasteiger partial charge in [-0.25, -0.2) is 0 Å². The number of hydrogen-bond donors (Lipinski definition) is 2. The van der Waals surface area contributed by atoms with Crippen molar-refractivity contribution < 1.29 is 18.3 Å². The van der Waals surface area contributed by atoms with E-state index in [0.717, 1.165) is 4.90 Å². The van der Waals surface area contributed by atoms with E-state index in [1.165, 1.54) is 14.0 Å². The van der Waals surface area contributed by atoms with Crippen LogP contribution in [0.15, 0.2) is 0 Å². The van der Waals surface area contributed by atoms with Crippen LogP contribution in [0.4, 0.5) is 13.2 Å². The summed E-state index contributed by atoms with van der Waals surface area (Å²) in [6.07, 6.45) is -3.99. The maximum absolute atomic E-state index is 12.1. The maximum atomic E-state index is 12.1. The Hall–Kier alpha value is -0.330. The van der Waals surface area contributed by atoms with Gasteiger partial charge in [0.05, 0.1) is 12.1 Å². The predicted molar refractivity (Wildman–Crippen MR) is 52.4 cm³/mol. The van der Waals surface area contributed by atoms with E-state index in [0.29, 0.717) is 0 Å². The molecule has 6 heteroatoms. The number of halogens is 3. The lowest BCUT2D eigenvalue weighted by Crippen LogP contribution is -2.44. The number of aliphatic hydroxyl groups is 1. The fourth-order valence-electron chi connectivity index (χ4n) is 1.31. The molecule has 0 aromatic heterocycles. The van der Waals surface area contributed by atoms with Gasteiger partial charge in [-0.2, -0.15) is 13.2 Å². The smallest absolute Gasteiger partial charge is 0.389 e. The minimum atomic E-state index is -4.21. The fraction of sp³-hybridized carbons (Fsp3) is 1.00. The summed E-state index contributed by atoms with van der Waals surface area (Å²) in [6, 6.07) is -0.370. The second-order valence-electron chi connectivity index (χ2n) is 4.28. The molecule has 2 atom stereocenters. The van der Waals surface area contributed by atoms with E-state index in [1.807, 2.05) is 0 Å². The third-order valence-corrected chi connectivity index (χ3v) is 2.36. The van der Waals surface area contributed by atoms with Gasteiger partial charge in [0.15, 0.2) is 0 Å². The lowest BCUT2D eigenvalue weighted by Gasteiger charge is -2.31. The standard InChI is InChI=1S/C9H19F3N2O/c1-7(4-8(2,15)5-13)14(3)6-9(10,11)12/h7,15H,4-6,13H2,1-3H3. The van der Waals surface area contributed by atoms with Crippen LogP contribution in [0.3, 0.4) is 0 Å². The molecular weight excluding hydrogens is 209 g/mol. The summed E-state index contributed by atoms with van der Waals surface area (Å²) in [5.74, 6) is 0. The zero-order valence-corrected chi connectivity index (χ0v) is 9.30. The van der Waals surface area contributed by atoms with Gasteiger partial charge in [0.25, 0.3) is 0 Å². The van der Waals surface area contributed by atoms with Gasteiger partial charge >= 0.3 is 6.18 Å². The van der Waals surface area contributed by atoms with Crippen LogP contribution in [0.5, 0.6) is 0 Å². The monoisotopic (exact) mass is 228 g/mol. The van der Waals surface area contributed by atoms with Gasteiger partial charge in [0.2, 0.25) is 0 Å². The van der Waals surface area contributed by atoms with E-state index in [9.17, 15) is 18.3 Å². The first-order chi connectivity index (χ1) is 6.57. The lowest BCUT2D eigenvalue weighted by molar-refractivity contribution is -0.148. The van der Waals surface area contributed by atoms with E-state index < -0.39 is 18.3 Å². The van der Waals surface area contributed by atoms with Crippen LogP contribution in [-0.4, -0.2) is 48.0 Å². The molecule has 0 fully saturated rings. The van der Waals surface area contributed by atoms with Crippen LogP contribution in [0.2, 0.25) is 0 Å². The lowest BCUT2D eigenvalue weighted by atomic mass is 9.97. The van der Waals surface area contributed by atoms with Gasteiger partial charge in [0.1, 0.15) is 0 Å². The molecule has 0 bridgehead atoms. The van der Waals surface area contributed by atoms with E-state index in [4.69, 9.17) is 5.73 Å². The Morgan fingerprint density at radius 3 is 2.20 bits per heavy atom. The van der Waals surface area contributed by atoms with Crippen molar-refractivity contribution >= 4 is 0 Å². The van der Waals surface area contributed by atoms with Crippen LogP contribution in [-0.2, 0) is 0 Å². The Morgan fingerprint density at radius 2 is 1.87 bits per heavy atom. The van der Waals surface area contributed by atoms with Crippen molar-refractivity contribution in [3.05, 3.63) is 0 Å². The molecule has 0 spiro atoms. The topological polar surface area (TPSA) is 49.5 Å². The van der Waals surface area contributed by atoms with E-state index in [1.54, 1.807) is 6.92 Å². The third kappa shape index (κ3) is 6.70. The molecule has 0 amide bonds. The molecule has 0 saturated carbocycles. The first kappa shape index (κ1) is 14.7. The number of nitrogens with zero attached hydrogens (tertiary/aromatic N) is 1. The summed E-state index contributed by atoms with van der Waals surface area (Å²) in [7, 11) is 1.38. The van der Waals surface area contributed by atoms with E-state index >= 15 is 0 Å². The quantitative estimate of drug-likeness (QED) is 0.737. The van der Waals surface area contributed by atoms with Crippen molar-refractivity contribution in [3.8, 4) is 0 Å². The van der Waals surface area contributed by atoms with E-state index in [-0.39, 0.29) is 19.0 Å². The summed E-state index contributed by atoms with van der Waals surface area (Å²) in [5.41, 5.74) is 4.18. The van der Waals surface area contributed by atoms with Gasteiger partial charge in [-0.1, -0.05) is 0 Å². The molecule has 3 N–H and O–H groups in total. The Labute approximate surface area is 88.0 Å². The fourth-order valence-corrected chi connectivity index (χ4v) is 1.31. The number of hydrogen-bond acceptors (Lipinski definition) is 3. The second kappa shape index (κ2) is 5.14. The largest absolute Gasteiger partial charge is 0.401 e. The average molecular weight is 228 g/mol. The van der Waals surface area contributed by atoms with Crippen LogP contribution in [0.25, 0.3) is 0 Å². The van der Waals surface area contributed by atoms with Crippen LogP contribution in [0.1, 0.15) is 20.3 Å². The molecule has 15 heavy (non-hydrogen) atoms. The molecule has 0 rings (SSSR count). The number of nitrogens with two attached hydrogens (primary N) is 1. The maximum Gasteiger partial charge on any atom is 0.401 e. The molecule has 2 unspecified atom stereocenters. The minimum Gasteiger partial charge on any atom is -0.389 e. The Kier molecular flexibility index (Phi) is 5.02. The van der Waals surface area contributed by atoms with Crippen molar-refractivity contribution in [1.82, 2.24) is 4.90 Å². The predicted octanol–water partition coefficient (Wildman–Crippen LogP) is 0.969. The van der Waals surface area contributed by atoms with Gasteiger partial charge in [-0.05, 0) is 27.3 Å². The van der Waals surface area contributed by atoms with Gasteiger partial charge in [-0.3, -0.25) is 4.90 Å². The average Bonchev–Trinajstić information content (AvgIpc) is 2.00. The van der Waals surface area contributed by atoms with Crippen LogP contribution in [0, 0.1) is 0 Å². The molecule has 0 aliphatic heterocycles. The third-order valence-electron chi connectivity index (χ3n) is 2.36. The number of alkyl halides is 3. The van der Waals surface area contributed by atoms with Crippen molar-refractivity contribution in [1.29, 1.82) is 0 Å². The molecule has 0 heterocycles. The Bertz CT molecular complexity index is 194. The van der Waals surface area contributed by atoms with Gasteiger partial charge in [-0.15, -0.1) is 0 Å². The molecule has 0 radical (unpaired) electrons. The highest BCUT2D eigenvalue weighted by Gasteiger charge is 2.32. The normalized spacial score (nSPS) is 19.0. The Morgan fingerprint density at radius 1 is 1.40 bits per heavy atom.